The molecule has 18 heavy (non-hydrogen) atoms. The van der Waals surface area contributed by atoms with Crippen LogP contribution in [0.4, 0.5) is 0 Å². The zero-order valence-corrected chi connectivity index (χ0v) is 13.4. The van der Waals surface area contributed by atoms with Crippen molar-refractivity contribution in [2.75, 3.05) is 20.6 Å². The molecule has 1 atom stereocenters. The predicted molar refractivity (Wildman–Crippen MR) is 80.2 cm³/mol. The highest BCUT2D eigenvalue weighted by molar-refractivity contribution is 7.11. The van der Waals surface area contributed by atoms with E-state index in [4.69, 9.17) is 0 Å². The third-order valence-electron chi connectivity index (χ3n) is 2.96. The molecule has 0 spiro atoms. The Labute approximate surface area is 116 Å². The summed E-state index contributed by atoms with van der Waals surface area (Å²) in [5, 5.41) is 4.85. The minimum Gasteiger partial charge on any atom is -0.308 e. The summed E-state index contributed by atoms with van der Waals surface area (Å²) in [7, 11) is 4.26. The maximum absolute atomic E-state index is 4.58. The lowest BCUT2D eigenvalue weighted by Gasteiger charge is -2.23. The highest BCUT2D eigenvalue weighted by Crippen LogP contribution is 2.16. The van der Waals surface area contributed by atoms with Crippen LogP contribution in [0, 0.1) is 19.8 Å². The first-order valence-electron chi connectivity index (χ1n) is 6.69. The van der Waals surface area contributed by atoms with Gasteiger partial charge < -0.3 is 10.2 Å². The molecule has 0 aliphatic heterocycles. The van der Waals surface area contributed by atoms with Crippen molar-refractivity contribution in [2.24, 2.45) is 5.92 Å². The Morgan fingerprint density at radius 2 is 1.94 bits per heavy atom. The van der Waals surface area contributed by atoms with Crippen LogP contribution in [0.25, 0.3) is 0 Å². The van der Waals surface area contributed by atoms with E-state index in [2.05, 4.69) is 57.0 Å². The molecule has 0 amide bonds. The molecule has 1 N–H and O–H groups in total. The van der Waals surface area contributed by atoms with Gasteiger partial charge in [-0.1, -0.05) is 13.8 Å². The Morgan fingerprint density at radius 1 is 1.28 bits per heavy atom. The number of aryl methyl sites for hydroxylation is 2. The molecule has 0 saturated heterocycles. The van der Waals surface area contributed by atoms with Crippen molar-refractivity contribution in [3.8, 4) is 0 Å². The number of nitrogens with zero attached hydrogens (tertiary/aromatic N) is 2. The van der Waals surface area contributed by atoms with Gasteiger partial charge in [0.1, 0.15) is 5.01 Å². The summed E-state index contributed by atoms with van der Waals surface area (Å²) < 4.78 is 0. The molecule has 1 aromatic heterocycles. The van der Waals surface area contributed by atoms with Gasteiger partial charge in [0.15, 0.2) is 0 Å². The van der Waals surface area contributed by atoms with Gasteiger partial charge in [0, 0.05) is 24.0 Å². The fourth-order valence-electron chi connectivity index (χ4n) is 2.08. The molecule has 4 heteroatoms. The van der Waals surface area contributed by atoms with Gasteiger partial charge in [-0.2, -0.15) is 0 Å². The summed E-state index contributed by atoms with van der Waals surface area (Å²) in [6.45, 7) is 10.8. The topological polar surface area (TPSA) is 28.2 Å². The van der Waals surface area contributed by atoms with Crippen molar-refractivity contribution < 1.29 is 0 Å². The fourth-order valence-corrected chi connectivity index (χ4v) is 2.96. The van der Waals surface area contributed by atoms with Crippen molar-refractivity contribution in [1.82, 2.24) is 15.2 Å². The maximum atomic E-state index is 4.58. The molecule has 0 fully saturated rings. The van der Waals surface area contributed by atoms with E-state index in [0.717, 1.165) is 19.0 Å². The van der Waals surface area contributed by atoms with Crippen molar-refractivity contribution >= 4 is 11.3 Å². The van der Waals surface area contributed by atoms with E-state index in [1.807, 2.05) is 0 Å². The molecule has 1 unspecified atom stereocenters. The average Bonchev–Trinajstić information content (AvgIpc) is 2.53. The van der Waals surface area contributed by atoms with Gasteiger partial charge in [0.05, 0.1) is 5.69 Å². The molecule has 3 nitrogen and oxygen atoms in total. The Bertz CT molecular complexity index is 328. The molecule has 0 bridgehead atoms. The van der Waals surface area contributed by atoms with Gasteiger partial charge in [-0.15, -0.1) is 11.3 Å². The van der Waals surface area contributed by atoms with Crippen LogP contribution in [-0.2, 0) is 6.54 Å². The van der Waals surface area contributed by atoms with Crippen LogP contribution in [0.1, 0.15) is 35.8 Å². The van der Waals surface area contributed by atoms with Crippen LogP contribution < -0.4 is 5.32 Å². The van der Waals surface area contributed by atoms with E-state index >= 15 is 0 Å². The molecule has 1 rings (SSSR count). The van der Waals surface area contributed by atoms with Crippen LogP contribution in [0.2, 0.25) is 0 Å². The summed E-state index contributed by atoms with van der Waals surface area (Å²) in [5.74, 6) is 0.724. The smallest absolute Gasteiger partial charge is 0.107 e. The van der Waals surface area contributed by atoms with Crippen molar-refractivity contribution in [2.45, 2.75) is 46.7 Å². The number of nitrogens with one attached hydrogen (secondary N) is 1. The number of aromatic nitrogens is 1. The molecular formula is C14H27N3S. The van der Waals surface area contributed by atoms with Crippen LogP contribution in [-0.4, -0.2) is 36.6 Å². The van der Waals surface area contributed by atoms with Crippen LogP contribution in [0.15, 0.2) is 0 Å². The Morgan fingerprint density at radius 3 is 2.39 bits per heavy atom. The molecule has 0 radical (unpaired) electrons. The third kappa shape index (κ3) is 5.46. The molecule has 0 aliphatic rings. The van der Waals surface area contributed by atoms with E-state index in [0.29, 0.717) is 6.04 Å². The monoisotopic (exact) mass is 269 g/mol. The summed E-state index contributed by atoms with van der Waals surface area (Å²) >= 11 is 1.81. The van der Waals surface area contributed by atoms with Gasteiger partial charge in [-0.25, -0.2) is 4.98 Å². The first kappa shape index (κ1) is 15.6. The molecular weight excluding hydrogens is 242 g/mol. The molecule has 0 aliphatic carbocycles. The van der Waals surface area contributed by atoms with Crippen molar-refractivity contribution in [1.29, 1.82) is 0 Å². The number of thiazole rings is 1. The van der Waals surface area contributed by atoms with Gasteiger partial charge in [0.25, 0.3) is 0 Å². The second-order valence-corrected chi connectivity index (χ2v) is 7.01. The number of likely N-dealkylation sites (N-methyl/N-ethyl adjacent to an activating group) is 1. The summed E-state index contributed by atoms with van der Waals surface area (Å²) in [4.78, 5) is 8.16. The summed E-state index contributed by atoms with van der Waals surface area (Å²) in [6, 6.07) is 0.546. The summed E-state index contributed by atoms with van der Waals surface area (Å²) in [6.07, 6.45) is 1.21. The van der Waals surface area contributed by atoms with Gasteiger partial charge >= 0.3 is 0 Å². The lowest BCUT2D eigenvalue weighted by Crippen LogP contribution is -2.38. The maximum Gasteiger partial charge on any atom is 0.107 e. The standard InChI is InChI=1S/C14H27N3S/c1-10(2)7-13(9-17(5)6)15-8-14-16-11(3)12(4)18-14/h10,13,15H,7-9H2,1-6H3. The molecule has 0 saturated carbocycles. The fraction of sp³-hybridized carbons (Fsp3) is 0.786. The quantitative estimate of drug-likeness (QED) is 0.825. The number of hydrogen-bond donors (Lipinski definition) is 1. The van der Waals surface area contributed by atoms with Crippen LogP contribution >= 0.6 is 11.3 Å². The SMILES string of the molecule is Cc1nc(CNC(CC(C)C)CN(C)C)sc1C. The lowest BCUT2D eigenvalue weighted by atomic mass is 10.0. The number of rotatable bonds is 7. The second-order valence-electron chi connectivity index (χ2n) is 5.72. The largest absolute Gasteiger partial charge is 0.308 e. The third-order valence-corrected chi connectivity index (χ3v) is 4.03. The Hall–Kier alpha value is -0.450. The first-order valence-corrected chi connectivity index (χ1v) is 7.51. The Balaban J connectivity index is 2.50. The van der Waals surface area contributed by atoms with Gasteiger partial charge in [-0.3, -0.25) is 0 Å². The Kier molecular flexibility index (Phi) is 6.26. The summed E-state index contributed by atoms with van der Waals surface area (Å²) in [5.41, 5.74) is 1.17. The van der Waals surface area contributed by atoms with E-state index in [9.17, 15) is 0 Å². The molecule has 0 aromatic carbocycles. The van der Waals surface area contributed by atoms with Crippen LogP contribution in [0.3, 0.4) is 0 Å². The minimum atomic E-state index is 0.546. The van der Waals surface area contributed by atoms with E-state index < -0.39 is 0 Å². The number of hydrogen-bond acceptors (Lipinski definition) is 4. The van der Waals surface area contributed by atoms with E-state index in [-0.39, 0.29) is 0 Å². The minimum absolute atomic E-state index is 0.546. The van der Waals surface area contributed by atoms with E-state index in [1.54, 1.807) is 11.3 Å². The van der Waals surface area contributed by atoms with Crippen molar-refractivity contribution in [3.63, 3.8) is 0 Å². The average molecular weight is 269 g/mol. The molecule has 1 aromatic rings. The van der Waals surface area contributed by atoms with E-state index in [1.165, 1.54) is 22.0 Å². The normalized spacial score (nSPS) is 13.6. The predicted octanol–water partition coefficient (Wildman–Crippen LogP) is 2.83. The van der Waals surface area contributed by atoms with Gasteiger partial charge in [0.2, 0.25) is 0 Å². The highest BCUT2D eigenvalue weighted by atomic mass is 32.1. The second kappa shape index (κ2) is 7.22. The van der Waals surface area contributed by atoms with Crippen molar-refractivity contribution in [3.05, 3.63) is 15.6 Å². The zero-order valence-electron chi connectivity index (χ0n) is 12.6. The molecule has 1 heterocycles. The van der Waals surface area contributed by atoms with Gasteiger partial charge in [-0.05, 0) is 40.3 Å². The highest BCUT2D eigenvalue weighted by Gasteiger charge is 2.12. The van der Waals surface area contributed by atoms with Crippen LogP contribution in [0.5, 0.6) is 0 Å². The first-order chi connectivity index (χ1) is 8.38. The zero-order chi connectivity index (χ0) is 13.7. The lowest BCUT2D eigenvalue weighted by molar-refractivity contribution is 0.305. The molecule has 104 valence electrons.